The van der Waals surface area contributed by atoms with Gasteiger partial charge < -0.3 is 9.15 Å². The third kappa shape index (κ3) is 4.43. The van der Waals surface area contributed by atoms with Crippen LogP contribution in [0.2, 0.25) is 0 Å². The van der Waals surface area contributed by atoms with Crippen LogP contribution in [0.5, 0.6) is 5.75 Å². The highest BCUT2D eigenvalue weighted by Crippen LogP contribution is 2.14. The molecule has 6 heteroatoms. The van der Waals surface area contributed by atoms with Crippen molar-refractivity contribution in [2.45, 2.75) is 4.90 Å². The lowest BCUT2D eigenvalue weighted by atomic mass is 10.2. The largest absolute Gasteiger partial charge is 0.497 e. The number of ether oxygens (including phenoxy) is 1. The number of rotatable bonds is 2. The molecule has 5 nitrogen and oxygen atoms in total. The summed E-state index contributed by atoms with van der Waals surface area (Å²) in [5.41, 5.74) is -0.439. The molecule has 0 bridgehead atoms. The number of hydrogen-bond donors (Lipinski definition) is 0. The van der Waals surface area contributed by atoms with Crippen LogP contribution in [0.3, 0.4) is 0 Å². The van der Waals surface area contributed by atoms with Gasteiger partial charge in [-0.1, -0.05) is 36.4 Å². The van der Waals surface area contributed by atoms with E-state index in [2.05, 4.69) is 0 Å². The summed E-state index contributed by atoms with van der Waals surface area (Å²) in [6, 6.07) is 17.8. The zero-order valence-electron chi connectivity index (χ0n) is 12.7. The van der Waals surface area contributed by atoms with Gasteiger partial charge in [-0.05, 0) is 24.3 Å². The number of benzene rings is 2. The van der Waals surface area contributed by atoms with Gasteiger partial charge in [0, 0.05) is 11.6 Å². The fourth-order valence-electron chi connectivity index (χ4n) is 1.86. The van der Waals surface area contributed by atoms with Gasteiger partial charge in [0.2, 0.25) is 0 Å². The molecule has 0 spiro atoms. The number of sulfone groups is 1. The fraction of sp³-hybridized carbons (Fsp3) is 0.118. The first-order valence-corrected chi connectivity index (χ1v) is 8.63. The molecule has 0 fully saturated rings. The first-order valence-electron chi connectivity index (χ1n) is 6.74. The van der Waals surface area contributed by atoms with Crippen LogP contribution in [-0.2, 0) is 9.84 Å². The Hall–Kier alpha value is -2.60. The van der Waals surface area contributed by atoms with Gasteiger partial charge in [-0.3, -0.25) is 0 Å². The number of para-hydroxylation sites is 2. The SMILES string of the molecule is COc1ccccc1.CS(=O)(=O)c1cc2ccccc2oc1=O. The summed E-state index contributed by atoms with van der Waals surface area (Å²) in [4.78, 5) is 11.0. The lowest BCUT2D eigenvalue weighted by Gasteiger charge is -1.98. The highest BCUT2D eigenvalue weighted by atomic mass is 32.2. The van der Waals surface area contributed by atoms with E-state index in [1.807, 2.05) is 30.3 Å². The molecule has 0 aliphatic carbocycles. The second kappa shape index (κ2) is 7.11. The van der Waals surface area contributed by atoms with Crippen molar-refractivity contribution in [1.82, 2.24) is 0 Å². The third-order valence-electron chi connectivity index (χ3n) is 2.99. The molecule has 0 radical (unpaired) electrons. The first-order chi connectivity index (χ1) is 10.9. The summed E-state index contributed by atoms with van der Waals surface area (Å²) in [5, 5.41) is 0.595. The summed E-state index contributed by atoms with van der Waals surface area (Å²) in [6.45, 7) is 0. The Balaban J connectivity index is 0.000000203. The molecular weight excluding hydrogens is 316 g/mol. The van der Waals surface area contributed by atoms with Crippen LogP contribution < -0.4 is 10.4 Å². The van der Waals surface area contributed by atoms with Crippen molar-refractivity contribution in [3.8, 4) is 5.75 Å². The van der Waals surface area contributed by atoms with E-state index in [-0.39, 0.29) is 4.90 Å². The maximum Gasteiger partial charge on any atom is 0.355 e. The normalized spacial score (nSPS) is 10.7. The second-order valence-corrected chi connectivity index (χ2v) is 6.71. The predicted octanol–water partition coefficient (Wildman–Crippen LogP) is 2.89. The standard InChI is InChI=1S/C10H8O4S.C7H8O/c1-15(12,13)9-6-7-4-2-3-5-8(7)14-10(9)11;1-8-7-5-3-2-4-6-7/h2-6H,1H3;2-6H,1H3. The van der Waals surface area contributed by atoms with Crippen LogP contribution in [0, 0.1) is 0 Å². The molecule has 3 aromatic rings. The van der Waals surface area contributed by atoms with Crippen LogP contribution >= 0.6 is 0 Å². The number of hydrogen-bond acceptors (Lipinski definition) is 5. The van der Waals surface area contributed by atoms with Crippen molar-refractivity contribution in [2.75, 3.05) is 13.4 Å². The molecule has 0 N–H and O–H groups in total. The van der Waals surface area contributed by atoms with E-state index in [0.717, 1.165) is 12.0 Å². The van der Waals surface area contributed by atoms with Crippen molar-refractivity contribution in [3.05, 3.63) is 71.1 Å². The quantitative estimate of drug-likeness (QED) is 0.675. The average molecular weight is 332 g/mol. The van der Waals surface area contributed by atoms with Gasteiger partial charge in [-0.2, -0.15) is 0 Å². The van der Waals surface area contributed by atoms with Gasteiger partial charge in [0.25, 0.3) is 0 Å². The van der Waals surface area contributed by atoms with Crippen molar-refractivity contribution in [2.24, 2.45) is 0 Å². The molecule has 120 valence electrons. The Bertz CT molecular complexity index is 943. The summed E-state index contributed by atoms with van der Waals surface area (Å²) in [7, 11) is -1.87. The van der Waals surface area contributed by atoms with E-state index in [1.165, 1.54) is 6.07 Å². The Labute approximate surface area is 134 Å². The third-order valence-corrected chi connectivity index (χ3v) is 4.07. The fourth-order valence-corrected chi connectivity index (χ4v) is 2.54. The van der Waals surface area contributed by atoms with Crippen molar-refractivity contribution >= 4 is 20.8 Å². The molecule has 0 unspecified atom stereocenters. The summed E-state index contributed by atoms with van der Waals surface area (Å²) in [6.07, 6.45) is 0.980. The van der Waals surface area contributed by atoms with E-state index in [4.69, 9.17) is 9.15 Å². The number of methoxy groups -OCH3 is 1. The molecule has 23 heavy (non-hydrogen) atoms. The van der Waals surface area contributed by atoms with E-state index in [0.29, 0.717) is 11.0 Å². The van der Waals surface area contributed by atoms with Gasteiger partial charge in [0.15, 0.2) is 14.7 Å². The molecule has 2 aromatic carbocycles. The minimum atomic E-state index is -3.53. The second-order valence-electron chi connectivity index (χ2n) is 4.73. The molecule has 0 aliphatic rings. The van der Waals surface area contributed by atoms with Gasteiger partial charge in [-0.15, -0.1) is 0 Å². The smallest absolute Gasteiger partial charge is 0.355 e. The average Bonchev–Trinajstić information content (AvgIpc) is 2.54. The van der Waals surface area contributed by atoms with Gasteiger partial charge in [0.1, 0.15) is 11.3 Å². The van der Waals surface area contributed by atoms with Crippen LogP contribution in [-0.4, -0.2) is 21.8 Å². The predicted molar refractivity (Wildman–Crippen MR) is 88.6 cm³/mol. The van der Waals surface area contributed by atoms with Crippen LogP contribution in [0.4, 0.5) is 0 Å². The van der Waals surface area contributed by atoms with Gasteiger partial charge in [0.05, 0.1) is 7.11 Å². The highest BCUT2D eigenvalue weighted by molar-refractivity contribution is 7.90. The Kier molecular flexibility index (Phi) is 5.18. The van der Waals surface area contributed by atoms with Gasteiger partial charge >= 0.3 is 5.63 Å². The Morgan fingerprint density at radius 2 is 1.57 bits per heavy atom. The maximum absolute atomic E-state index is 11.3. The van der Waals surface area contributed by atoms with Gasteiger partial charge in [-0.25, -0.2) is 13.2 Å². The molecule has 0 saturated carbocycles. The van der Waals surface area contributed by atoms with E-state index in [1.54, 1.807) is 31.4 Å². The molecule has 0 aliphatic heterocycles. The summed E-state index contributed by atoms with van der Waals surface area (Å²) in [5.74, 6) is 0.910. The molecular formula is C17H16O5S. The highest BCUT2D eigenvalue weighted by Gasteiger charge is 2.14. The van der Waals surface area contributed by atoms with E-state index >= 15 is 0 Å². The van der Waals surface area contributed by atoms with Crippen LogP contribution in [0.25, 0.3) is 11.0 Å². The molecule has 3 rings (SSSR count). The zero-order valence-corrected chi connectivity index (χ0v) is 13.5. The lowest BCUT2D eigenvalue weighted by molar-refractivity contribution is 0.415. The molecule has 0 amide bonds. The molecule has 0 saturated heterocycles. The minimum absolute atomic E-state index is 0.304. The number of fused-ring (bicyclic) bond motifs is 1. The van der Waals surface area contributed by atoms with E-state index in [9.17, 15) is 13.2 Å². The Morgan fingerprint density at radius 3 is 2.13 bits per heavy atom. The van der Waals surface area contributed by atoms with Crippen molar-refractivity contribution in [1.29, 1.82) is 0 Å². The molecule has 1 aromatic heterocycles. The Morgan fingerprint density at radius 1 is 0.957 bits per heavy atom. The monoisotopic (exact) mass is 332 g/mol. The van der Waals surface area contributed by atoms with E-state index < -0.39 is 15.5 Å². The van der Waals surface area contributed by atoms with Crippen LogP contribution in [0.1, 0.15) is 0 Å². The first kappa shape index (κ1) is 16.8. The van der Waals surface area contributed by atoms with Crippen molar-refractivity contribution < 1.29 is 17.6 Å². The zero-order chi connectivity index (χ0) is 16.9. The topological polar surface area (TPSA) is 73.6 Å². The van der Waals surface area contributed by atoms with Crippen molar-refractivity contribution in [3.63, 3.8) is 0 Å². The van der Waals surface area contributed by atoms with Crippen LogP contribution in [0.15, 0.2) is 74.8 Å². The molecule has 1 heterocycles. The minimum Gasteiger partial charge on any atom is -0.497 e. The summed E-state index contributed by atoms with van der Waals surface area (Å²) >= 11 is 0. The lowest BCUT2D eigenvalue weighted by Crippen LogP contribution is -2.12. The maximum atomic E-state index is 11.3. The molecule has 0 atom stereocenters. The summed E-state index contributed by atoms with van der Waals surface area (Å²) < 4.78 is 32.3.